The van der Waals surface area contributed by atoms with Crippen LogP contribution >= 0.6 is 0 Å². The van der Waals surface area contributed by atoms with E-state index in [1.54, 1.807) is 19.2 Å². The number of rotatable bonds is 6. The van der Waals surface area contributed by atoms with Crippen LogP contribution in [0.4, 0.5) is 5.69 Å². The van der Waals surface area contributed by atoms with Crippen molar-refractivity contribution in [3.63, 3.8) is 0 Å². The molecule has 5 heteroatoms. The van der Waals surface area contributed by atoms with Crippen molar-refractivity contribution >= 4 is 11.7 Å². The van der Waals surface area contributed by atoms with Crippen LogP contribution in [0.2, 0.25) is 0 Å². The van der Waals surface area contributed by atoms with Gasteiger partial charge < -0.3 is 15.2 Å². The van der Waals surface area contributed by atoms with Crippen LogP contribution in [0, 0.1) is 0 Å². The van der Waals surface area contributed by atoms with E-state index >= 15 is 0 Å². The number of nitrogens with one attached hydrogen (secondary N) is 1. The Bertz CT molecular complexity index is 442. The SMILES string of the molecule is C/C(=C\C(=O)O)CNc1cccnc1OC(C)C. The fourth-order valence-corrected chi connectivity index (χ4v) is 1.34. The number of anilines is 1. The number of carboxylic acid groups (broad SMARTS) is 1. The summed E-state index contributed by atoms with van der Waals surface area (Å²) in [6, 6.07) is 3.64. The van der Waals surface area contributed by atoms with Crippen molar-refractivity contribution in [3.8, 4) is 5.88 Å². The molecule has 0 amide bonds. The molecular formula is C13H18N2O3. The van der Waals surface area contributed by atoms with Crippen LogP contribution < -0.4 is 10.1 Å². The molecule has 1 rings (SSSR count). The lowest BCUT2D eigenvalue weighted by Crippen LogP contribution is -2.11. The molecule has 0 aliphatic heterocycles. The minimum absolute atomic E-state index is 0.0381. The first-order chi connectivity index (χ1) is 8.49. The van der Waals surface area contributed by atoms with Crippen LogP contribution in [0.5, 0.6) is 5.88 Å². The van der Waals surface area contributed by atoms with Crippen LogP contribution in [0.15, 0.2) is 30.0 Å². The maximum atomic E-state index is 10.5. The number of nitrogens with zero attached hydrogens (tertiary/aromatic N) is 1. The summed E-state index contributed by atoms with van der Waals surface area (Å²) in [4.78, 5) is 14.6. The van der Waals surface area contributed by atoms with Gasteiger partial charge in [0, 0.05) is 18.8 Å². The van der Waals surface area contributed by atoms with E-state index < -0.39 is 5.97 Å². The number of aromatic nitrogens is 1. The first kappa shape index (κ1) is 14.0. The zero-order valence-electron chi connectivity index (χ0n) is 10.8. The van der Waals surface area contributed by atoms with E-state index in [4.69, 9.17) is 9.84 Å². The van der Waals surface area contributed by atoms with Gasteiger partial charge in [0.05, 0.1) is 11.8 Å². The molecule has 0 unspecified atom stereocenters. The molecule has 0 atom stereocenters. The van der Waals surface area contributed by atoms with Gasteiger partial charge in [-0.25, -0.2) is 9.78 Å². The Morgan fingerprint density at radius 2 is 2.33 bits per heavy atom. The fraction of sp³-hybridized carbons (Fsp3) is 0.385. The van der Waals surface area contributed by atoms with Crippen molar-refractivity contribution in [2.24, 2.45) is 0 Å². The molecular weight excluding hydrogens is 232 g/mol. The lowest BCUT2D eigenvalue weighted by molar-refractivity contribution is -0.131. The Hall–Kier alpha value is -2.04. The third-order valence-electron chi connectivity index (χ3n) is 2.05. The molecule has 1 aromatic heterocycles. The predicted octanol–water partition coefficient (Wildman–Crippen LogP) is 2.31. The second-order valence-electron chi connectivity index (χ2n) is 4.21. The van der Waals surface area contributed by atoms with Gasteiger partial charge in [0.2, 0.25) is 5.88 Å². The molecule has 0 saturated carbocycles. The smallest absolute Gasteiger partial charge is 0.328 e. The minimum atomic E-state index is -0.945. The summed E-state index contributed by atoms with van der Waals surface area (Å²) >= 11 is 0. The van der Waals surface area contributed by atoms with Crippen molar-refractivity contribution < 1.29 is 14.6 Å². The topological polar surface area (TPSA) is 71.5 Å². The Labute approximate surface area is 107 Å². The van der Waals surface area contributed by atoms with Crippen molar-refractivity contribution in [2.45, 2.75) is 26.9 Å². The number of hydrogen-bond acceptors (Lipinski definition) is 4. The molecule has 0 radical (unpaired) electrons. The molecule has 0 aliphatic rings. The maximum Gasteiger partial charge on any atom is 0.328 e. The second-order valence-corrected chi connectivity index (χ2v) is 4.21. The van der Waals surface area contributed by atoms with Crippen molar-refractivity contribution in [2.75, 3.05) is 11.9 Å². The van der Waals surface area contributed by atoms with Crippen LogP contribution in [0.1, 0.15) is 20.8 Å². The Morgan fingerprint density at radius 3 is 2.94 bits per heavy atom. The quantitative estimate of drug-likeness (QED) is 0.758. The van der Waals surface area contributed by atoms with Crippen LogP contribution in [-0.4, -0.2) is 28.7 Å². The summed E-state index contributed by atoms with van der Waals surface area (Å²) in [5.41, 5.74) is 1.48. The Morgan fingerprint density at radius 1 is 1.61 bits per heavy atom. The van der Waals surface area contributed by atoms with E-state index in [1.165, 1.54) is 6.08 Å². The third kappa shape index (κ3) is 4.86. The van der Waals surface area contributed by atoms with Gasteiger partial charge in [-0.15, -0.1) is 0 Å². The van der Waals surface area contributed by atoms with Gasteiger partial charge in [0.15, 0.2) is 0 Å². The molecule has 0 bridgehead atoms. The van der Waals surface area contributed by atoms with E-state index in [0.717, 1.165) is 11.3 Å². The first-order valence-corrected chi connectivity index (χ1v) is 5.74. The molecule has 0 aromatic carbocycles. The van der Waals surface area contributed by atoms with Gasteiger partial charge in [-0.3, -0.25) is 0 Å². The van der Waals surface area contributed by atoms with Crippen LogP contribution in [-0.2, 0) is 4.79 Å². The van der Waals surface area contributed by atoms with Gasteiger partial charge in [0.25, 0.3) is 0 Å². The van der Waals surface area contributed by atoms with E-state index in [2.05, 4.69) is 10.3 Å². The average molecular weight is 250 g/mol. The van der Waals surface area contributed by atoms with Crippen LogP contribution in [0.3, 0.4) is 0 Å². The monoisotopic (exact) mass is 250 g/mol. The average Bonchev–Trinajstić information content (AvgIpc) is 2.26. The van der Waals surface area contributed by atoms with Gasteiger partial charge >= 0.3 is 5.97 Å². The molecule has 0 fully saturated rings. The van der Waals surface area contributed by atoms with E-state index in [1.807, 2.05) is 19.9 Å². The fourth-order valence-electron chi connectivity index (χ4n) is 1.34. The van der Waals surface area contributed by atoms with Crippen molar-refractivity contribution in [1.29, 1.82) is 0 Å². The van der Waals surface area contributed by atoms with Gasteiger partial charge in [-0.05, 0) is 38.5 Å². The normalized spacial score (nSPS) is 11.4. The highest BCUT2D eigenvalue weighted by Crippen LogP contribution is 2.21. The highest BCUT2D eigenvalue weighted by Gasteiger charge is 2.06. The number of aliphatic carboxylic acids is 1. The van der Waals surface area contributed by atoms with Gasteiger partial charge in [-0.1, -0.05) is 0 Å². The molecule has 18 heavy (non-hydrogen) atoms. The molecule has 1 aromatic rings. The number of hydrogen-bond donors (Lipinski definition) is 2. The lowest BCUT2D eigenvalue weighted by atomic mass is 10.2. The molecule has 0 saturated heterocycles. The summed E-state index contributed by atoms with van der Waals surface area (Å²) in [7, 11) is 0. The molecule has 98 valence electrons. The largest absolute Gasteiger partial charge is 0.478 e. The number of pyridine rings is 1. The number of carboxylic acids is 1. The highest BCUT2D eigenvalue weighted by molar-refractivity contribution is 5.80. The van der Waals surface area contributed by atoms with Crippen molar-refractivity contribution in [3.05, 3.63) is 30.0 Å². The summed E-state index contributed by atoms with van der Waals surface area (Å²) in [6.07, 6.45) is 2.87. The van der Waals surface area contributed by atoms with E-state index in [9.17, 15) is 4.79 Å². The van der Waals surface area contributed by atoms with Crippen LogP contribution in [0.25, 0.3) is 0 Å². The number of ether oxygens (including phenoxy) is 1. The maximum absolute atomic E-state index is 10.5. The summed E-state index contributed by atoms with van der Waals surface area (Å²) in [6.45, 7) is 6.04. The first-order valence-electron chi connectivity index (χ1n) is 5.74. The highest BCUT2D eigenvalue weighted by atomic mass is 16.5. The Balaban J connectivity index is 2.69. The standard InChI is InChI=1S/C13H18N2O3/c1-9(2)18-13-11(5-4-6-14-13)15-8-10(3)7-12(16)17/h4-7,9,15H,8H2,1-3H3,(H,16,17)/b10-7+. The predicted molar refractivity (Wildman–Crippen MR) is 69.9 cm³/mol. The summed E-state index contributed by atoms with van der Waals surface area (Å²) in [5.74, 6) is -0.422. The second kappa shape index (κ2) is 6.64. The lowest BCUT2D eigenvalue weighted by Gasteiger charge is -2.14. The van der Waals surface area contributed by atoms with Gasteiger partial charge in [-0.2, -0.15) is 0 Å². The van der Waals surface area contributed by atoms with E-state index in [0.29, 0.717) is 12.4 Å². The van der Waals surface area contributed by atoms with Gasteiger partial charge in [0.1, 0.15) is 0 Å². The number of carbonyl (C=O) groups is 1. The molecule has 1 heterocycles. The van der Waals surface area contributed by atoms with E-state index in [-0.39, 0.29) is 6.10 Å². The Kier molecular flexibility index (Phi) is 5.17. The summed E-state index contributed by atoms with van der Waals surface area (Å²) in [5, 5.41) is 11.7. The third-order valence-corrected chi connectivity index (χ3v) is 2.05. The summed E-state index contributed by atoms with van der Waals surface area (Å²) < 4.78 is 5.55. The molecule has 2 N–H and O–H groups in total. The molecule has 0 aliphatic carbocycles. The van der Waals surface area contributed by atoms with Crippen molar-refractivity contribution in [1.82, 2.24) is 4.98 Å². The molecule has 5 nitrogen and oxygen atoms in total. The zero-order valence-corrected chi connectivity index (χ0v) is 10.8. The zero-order chi connectivity index (χ0) is 13.5. The minimum Gasteiger partial charge on any atom is -0.478 e. The molecule has 0 spiro atoms.